The molecule has 1 amide bonds. The van der Waals surface area contributed by atoms with Gasteiger partial charge in [0.15, 0.2) is 0 Å². The third-order valence-corrected chi connectivity index (χ3v) is 4.55. The van der Waals surface area contributed by atoms with E-state index >= 15 is 0 Å². The molecule has 98 valence electrons. The number of anilines is 1. The van der Waals surface area contributed by atoms with Gasteiger partial charge in [-0.25, -0.2) is 0 Å². The summed E-state index contributed by atoms with van der Waals surface area (Å²) in [6.07, 6.45) is 0.934. The van der Waals surface area contributed by atoms with Crippen LogP contribution in [-0.2, 0) is 13.0 Å². The molecule has 1 aliphatic heterocycles. The van der Waals surface area contributed by atoms with Crippen LogP contribution in [0.1, 0.15) is 20.8 Å². The number of hydrogen-bond donors (Lipinski definition) is 2. The van der Waals surface area contributed by atoms with Crippen molar-refractivity contribution in [3.8, 4) is 0 Å². The first-order chi connectivity index (χ1) is 9.25. The lowest BCUT2D eigenvalue weighted by atomic mass is 9.99. The number of amides is 1. The Kier molecular flexibility index (Phi) is 3.55. The maximum absolute atomic E-state index is 12.2. The molecular formula is C14H13ClN2OS. The SMILES string of the molecule is O=C(Nc1cccc2c1CCNC2)c1sccc1Cl. The van der Waals surface area contributed by atoms with E-state index in [0.29, 0.717) is 9.90 Å². The van der Waals surface area contributed by atoms with Crippen LogP contribution in [0.25, 0.3) is 0 Å². The number of hydrogen-bond acceptors (Lipinski definition) is 3. The molecule has 1 aromatic heterocycles. The fourth-order valence-corrected chi connectivity index (χ4v) is 3.32. The smallest absolute Gasteiger partial charge is 0.267 e. The molecule has 2 heterocycles. The van der Waals surface area contributed by atoms with Gasteiger partial charge in [-0.3, -0.25) is 4.79 Å². The van der Waals surface area contributed by atoms with Crippen LogP contribution < -0.4 is 10.6 Å². The summed E-state index contributed by atoms with van der Waals surface area (Å²) in [7, 11) is 0. The number of benzene rings is 1. The summed E-state index contributed by atoms with van der Waals surface area (Å²) in [5.74, 6) is -0.132. The Morgan fingerprint density at radius 3 is 3.05 bits per heavy atom. The van der Waals surface area contributed by atoms with Gasteiger partial charge in [0.25, 0.3) is 5.91 Å². The van der Waals surface area contributed by atoms with Crippen LogP contribution in [0.2, 0.25) is 5.02 Å². The van der Waals surface area contributed by atoms with Gasteiger partial charge in [0.05, 0.1) is 5.02 Å². The molecule has 1 aromatic carbocycles. The predicted molar refractivity (Wildman–Crippen MR) is 79.1 cm³/mol. The molecule has 0 fully saturated rings. The van der Waals surface area contributed by atoms with Gasteiger partial charge in [-0.15, -0.1) is 11.3 Å². The van der Waals surface area contributed by atoms with Gasteiger partial charge in [-0.2, -0.15) is 0 Å². The average Bonchev–Trinajstić information content (AvgIpc) is 2.85. The Morgan fingerprint density at radius 1 is 1.37 bits per heavy atom. The summed E-state index contributed by atoms with van der Waals surface area (Å²) in [5.41, 5.74) is 3.37. The molecule has 0 radical (unpaired) electrons. The summed E-state index contributed by atoms with van der Waals surface area (Å²) in [6, 6.07) is 7.75. The van der Waals surface area contributed by atoms with Gasteiger partial charge in [0.2, 0.25) is 0 Å². The molecule has 0 spiro atoms. The lowest BCUT2D eigenvalue weighted by Crippen LogP contribution is -2.25. The standard InChI is InChI=1S/C14H13ClN2OS/c15-11-5-7-19-13(11)14(18)17-12-3-1-2-9-8-16-6-4-10(9)12/h1-3,5,7,16H,4,6,8H2,(H,17,18). The second-order valence-electron chi connectivity index (χ2n) is 4.42. The van der Waals surface area contributed by atoms with Crippen LogP contribution in [0.4, 0.5) is 5.69 Å². The van der Waals surface area contributed by atoms with E-state index in [1.54, 1.807) is 6.07 Å². The van der Waals surface area contributed by atoms with E-state index in [4.69, 9.17) is 11.6 Å². The van der Waals surface area contributed by atoms with Crippen LogP contribution in [0, 0.1) is 0 Å². The highest BCUT2D eigenvalue weighted by Crippen LogP contribution is 2.26. The molecule has 3 nitrogen and oxygen atoms in total. The minimum Gasteiger partial charge on any atom is -0.321 e. The van der Waals surface area contributed by atoms with Crippen molar-refractivity contribution in [2.24, 2.45) is 0 Å². The summed E-state index contributed by atoms with van der Waals surface area (Å²) >= 11 is 7.34. The molecule has 0 unspecified atom stereocenters. The van der Waals surface area contributed by atoms with E-state index in [2.05, 4.69) is 16.7 Å². The molecule has 3 rings (SSSR count). The summed E-state index contributed by atoms with van der Waals surface area (Å²) in [6.45, 7) is 1.80. The number of nitrogens with one attached hydrogen (secondary N) is 2. The zero-order chi connectivity index (χ0) is 13.2. The average molecular weight is 293 g/mol. The van der Waals surface area contributed by atoms with Gasteiger partial charge >= 0.3 is 0 Å². The van der Waals surface area contributed by atoms with Crippen molar-refractivity contribution >= 4 is 34.5 Å². The third kappa shape index (κ3) is 2.52. The van der Waals surface area contributed by atoms with Gasteiger partial charge in [0, 0.05) is 12.2 Å². The van der Waals surface area contributed by atoms with Gasteiger partial charge < -0.3 is 10.6 Å². The van der Waals surface area contributed by atoms with Gasteiger partial charge in [0.1, 0.15) is 4.88 Å². The van der Waals surface area contributed by atoms with Crippen LogP contribution in [0.5, 0.6) is 0 Å². The van der Waals surface area contributed by atoms with Crippen molar-refractivity contribution in [3.05, 3.63) is 50.7 Å². The number of thiophene rings is 1. The van der Waals surface area contributed by atoms with Gasteiger partial charge in [-0.1, -0.05) is 23.7 Å². The minimum atomic E-state index is -0.132. The lowest BCUT2D eigenvalue weighted by Gasteiger charge is -2.20. The molecule has 5 heteroatoms. The largest absolute Gasteiger partial charge is 0.321 e. The van der Waals surface area contributed by atoms with Crippen LogP contribution in [-0.4, -0.2) is 12.5 Å². The summed E-state index contributed by atoms with van der Waals surface area (Å²) in [4.78, 5) is 12.7. The zero-order valence-corrected chi connectivity index (χ0v) is 11.8. The Hall–Kier alpha value is -1.36. The second kappa shape index (κ2) is 5.33. The number of halogens is 1. The minimum absolute atomic E-state index is 0.132. The highest BCUT2D eigenvalue weighted by atomic mass is 35.5. The van der Waals surface area contributed by atoms with Crippen molar-refractivity contribution in [2.45, 2.75) is 13.0 Å². The first kappa shape index (κ1) is 12.7. The molecule has 0 aliphatic carbocycles. The molecule has 0 bridgehead atoms. The Balaban J connectivity index is 1.88. The maximum atomic E-state index is 12.2. The normalized spacial score (nSPS) is 13.9. The lowest BCUT2D eigenvalue weighted by molar-refractivity contribution is 0.103. The van der Waals surface area contributed by atoms with Crippen molar-refractivity contribution < 1.29 is 4.79 Å². The highest BCUT2D eigenvalue weighted by molar-refractivity contribution is 7.12. The van der Waals surface area contributed by atoms with E-state index in [0.717, 1.165) is 25.2 Å². The van der Waals surface area contributed by atoms with Crippen molar-refractivity contribution in [1.82, 2.24) is 5.32 Å². The molecule has 2 N–H and O–H groups in total. The summed E-state index contributed by atoms with van der Waals surface area (Å²) < 4.78 is 0. The number of carbonyl (C=O) groups excluding carboxylic acids is 1. The van der Waals surface area contributed by atoms with Crippen LogP contribution in [0.15, 0.2) is 29.6 Å². The monoisotopic (exact) mass is 292 g/mol. The molecule has 1 aliphatic rings. The molecular weight excluding hydrogens is 280 g/mol. The van der Waals surface area contributed by atoms with E-state index in [1.807, 2.05) is 17.5 Å². The van der Waals surface area contributed by atoms with E-state index in [9.17, 15) is 4.79 Å². The number of carbonyl (C=O) groups is 1. The van der Waals surface area contributed by atoms with E-state index in [1.165, 1.54) is 22.5 Å². The van der Waals surface area contributed by atoms with E-state index < -0.39 is 0 Å². The predicted octanol–water partition coefficient (Wildman–Crippen LogP) is 3.30. The summed E-state index contributed by atoms with van der Waals surface area (Å²) in [5, 5.41) is 8.63. The fraction of sp³-hybridized carbons (Fsp3) is 0.214. The van der Waals surface area contributed by atoms with Crippen LogP contribution >= 0.6 is 22.9 Å². The Bertz CT molecular complexity index is 624. The first-order valence-corrected chi connectivity index (χ1v) is 7.37. The van der Waals surface area contributed by atoms with Crippen molar-refractivity contribution in [1.29, 1.82) is 0 Å². The van der Waals surface area contributed by atoms with Crippen molar-refractivity contribution in [3.63, 3.8) is 0 Å². The molecule has 0 atom stereocenters. The fourth-order valence-electron chi connectivity index (χ4n) is 2.28. The van der Waals surface area contributed by atoms with Gasteiger partial charge in [-0.05, 0) is 41.6 Å². The Labute approximate surface area is 120 Å². The second-order valence-corrected chi connectivity index (χ2v) is 5.75. The topological polar surface area (TPSA) is 41.1 Å². The first-order valence-electron chi connectivity index (χ1n) is 6.11. The Morgan fingerprint density at radius 2 is 2.26 bits per heavy atom. The van der Waals surface area contributed by atoms with Crippen molar-refractivity contribution in [2.75, 3.05) is 11.9 Å². The molecule has 19 heavy (non-hydrogen) atoms. The maximum Gasteiger partial charge on any atom is 0.267 e. The number of rotatable bonds is 2. The quantitative estimate of drug-likeness (QED) is 0.892. The zero-order valence-electron chi connectivity index (χ0n) is 10.2. The molecule has 0 saturated heterocycles. The van der Waals surface area contributed by atoms with Crippen LogP contribution in [0.3, 0.4) is 0 Å². The third-order valence-electron chi connectivity index (χ3n) is 3.21. The van der Waals surface area contributed by atoms with E-state index in [-0.39, 0.29) is 5.91 Å². The molecule has 2 aromatic rings. The molecule has 0 saturated carbocycles. The highest BCUT2D eigenvalue weighted by Gasteiger charge is 2.16. The number of fused-ring (bicyclic) bond motifs is 1.